The van der Waals surface area contributed by atoms with Gasteiger partial charge in [0, 0.05) is 29.2 Å². The van der Waals surface area contributed by atoms with Crippen LogP contribution in [-0.4, -0.2) is 43.4 Å². The molecule has 0 amide bonds. The van der Waals surface area contributed by atoms with Crippen LogP contribution in [0.5, 0.6) is 0 Å². The van der Waals surface area contributed by atoms with Gasteiger partial charge in [-0.3, -0.25) is 9.59 Å². The van der Waals surface area contributed by atoms with E-state index in [1.165, 1.54) is 6.92 Å². The van der Waals surface area contributed by atoms with Crippen molar-refractivity contribution in [3.8, 4) is 11.4 Å². The third kappa shape index (κ3) is 3.37. The van der Waals surface area contributed by atoms with Gasteiger partial charge in [-0.25, -0.2) is 0 Å². The van der Waals surface area contributed by atoms with Gasteiger partial charge in [-0.15, -0.1) is 10.2 Å². The summed E-state index contributed by atoms with van der Waals surface area (Å²) in [6.07, 6.45) is 1.89. The van der Waals surface area contributed by atoms with Crippen LogP contribution >= 0.6 is 11.8 Å². The van der Waals surface area contributed by atoms with Crippen LogP contribution in [0.4, 0.5) is 0 Å². The Morgan fingerprint density at radius 1 is 1.27 bits per heavy atom. The zero-order valence-electron chi connectivity index (χ0n) is 14.9. The molecule has 136 valence electrons. The number of fused-ring (bicyclic) bond motifs is 1. The number of rotatable bonds is 7. The molecule has 8 heteroatoms. The van der Waals surface area contributed by atoms with E-state index in [-0.39, 0.29) is 12.4 Å². The Kier molecular flexibility index (Phi) is 5.41. The van der Waals surface area contributed by atoms with Crippen molar-refractivity contribution < 1.29 is 14.3 Å². The van der Waals surface area contributed by atoms with Gasteiger partial charge in [-0.2, -0.15) is 0 Å². The number of nitrogens with zero attached hydrogens (tertiary/aromatic N) is 3. The lowest BCUT2D eigenvalue weighted by Crippen LogP contribution is -2.27. The number of carbonyl (C=O) groups is 2. The Labute approximate surface area is 155 Å². The minimum absolute atomic E-state index is 0.226. The quantitative estimate of drug-likeness (QED) is 0.389. The van der Waals surface area contributed by atoms with E-state index in [2.05, 4.69) is 15.2 Å². The highest BCUT2D eigenvalue weighted by atomic mass is 32.2. The molecule has 26 heavy (non-hydrogen) atoms. The van der Waals surface area contributed by atoms with Gasteiger partial charge in [0.05, 0.1) is 6.61 Å². The summed E-state index contributed by atoms with van der Waals surface area (Å²) in [6, 6.07) is 7.94. The molecule has 0 fully saturated rings. The van der Waals surface area contributed by atoms with Gasteiger partial charge in [-0.1, -0.05) is 30.0 Å². The van der Waals surface area contributed by atoms with Crippen molar-refractivity contribution in [2.45, 2.75) is 37.7 Å². The highest BCUT2D eigenvalue weighted by Crippen LogP contribution is 2.31. The number of ketones is 1. The summed E-state index contributed by atoms with van der Waals surface area (Å²) in [4.78, 5) is 27.2. The molecule has 0 aliphatic heterocycles. The van der Waals surface area contributed by atoms with E-state index >= 15 is 0 Å². The molecule has 3 rings (SSSR count). The highest BCUT2D eigenvalue weighted by Gasteiger charge is 2.29. The van der Waals surface area contributed by atoms with Gasteiger partial charge in [0.15, 0.2) is 22.0 Å². The van der Waals surface area contributed by atoms with Crippen LogP contribution in [-0.2, 0) is 20.9 Å². The standard InChI is InChI=1S/C18H20N4O3S/c1-4-22-16(13-10-19-14-9-7-6-8-12(13)14)20-21-18(22)26-15(11(3)23)17(24)25-5-2/h6-10,15,19H,4-5H2,1-3H3. The molecule has 0 bridgehead atoms. The fraction of sp³-hybridized carbons (Fsp3) is 0.333. The predicted octanol–water partition coefficient (Wildman–Crippen LogP) is 3.06. The van der Waals surface area contributed by atoms with Gasteiger partial charge in [0.2, 0.25) is 0 Å². The van der Waals surface area contributed by atoms with Crippen LogP contribution in [0.3, 0.4) is 0 Å². The van der Waals surface area contributed by atoms with E-state index in [0.29, 0.717) is 17.5 Å². The van der Waals surface area contributed by atoms with Crippen molar-refractivity contribution in [1.82, 2.24) is 19.7 Å². The molecule has 7 nitrogen and oxygen atoms in total. The van der Waals surface area contributed by atoms with E-state index in [4.69, 9.17) is 4.74 Å². The van der Waals surface area contributed by atoms with E-state index < -0.39 is 11.2 Å². The Hall–Kier alpha value is -2.61. The van der Waals surface area contributed by atoms with E-state index in [9.17, 15) is 9.59 Å². The lowest BCUT2D eigenvalue weighted by atomic mass is 10.1. The number of Topliss-reactive ketones (excluding diaryl/α,β-unsaturated/α-hetero) is 1. The maximum Gasteiger partial charge on any atom is 0.327 e. The van der Waals surface area contributed by atoms with Crippen molar-refractivity contribution in [3.05, 3.63) is 30.5 Å². The number of esters is 1. The number of ether oxygens (including phenoxy) is 1. The van der Waals surface area contributed by atoms with Gasteiger partial charge in [-0.05, 0) is 26.8 Å². The molecule has 1 N–H and O–H groups in total. The molecule has 0 saturated heterocycles. The molecular weight excluding hydrogens is 352 g/mol. The number of nitrogens with one attached hydrogen (secondary N) is 1. The van der Waals surface area contributed by atoms with E-state index in [0.717, 1.165) is 28.2 Å². The van der Waals surface area contributed by atoms with Crippen LogP contribution in [0, 0.1) is 0 Å². The first kappa shape index (κ1) is 18.2. The molecule has 1 aromatic carbocycles. The number of aromatic amines is 1. The molecule has 0 aliphatic rings. The number of aromatic nitrogens is 4. The monoisotopic (exact) mass is 372 g/mol. The van der Waals surface area contributed by atoms with Crippen molar-refractivity contribution in [3.63, 3.8) is 0 Å². The lowest BCUT2D eigenvalue weighted by molar-refractivity contribution is -0.144. The Morgan fingerprint density at radius 3 is 2.73 bits per heavy atom. The number of para-hydroxylation sites is 1. The average molecular weight is 372 g/mol. The van der Waals surface area contributed by atoms with Crippen molar-refractivity contribution in [2.24, 2.45) is 0 Å². The van der Waals surface area contributed by atoms with Crippen LogP contribution in [0.25, 0.3) is 22.3 Å². The molecule has 2 heterocycles. The van der Waals surface area contributed by atoms with Crippen LogP contribution < -0.4 is 0 Å². The van der Waals surface area contributed by atoms with Crippen molar-refractivity contribution >= 4 is 34.4 Å². The zero-order chi connectivity index (χ0) is 18.7. The molecule has 1 unspecified atom stereocenters. The number of hydrogen-bond acceptors (Lipinski definition) is 6. The summed E-state index contributed by atoms with van der Waals surface area (Å²) in [5.41, 5.74) is 1.94. The van der Waals surface area contributed by atoms with E-state index in [1.807, 2.05) is 42.0 Å². The third-order valence-electron chi connectivity index (χ3n) is 3.96. The number of thioether (sulfide) groups is 1. The van der Waals surface area contributed by atoms with Gasteiger partial charge in [0.25, 0.3) is 0 Å². The third-order valence-corrected chi connectivity index (χ3v) is 5.23. The second-order valence-electron chi connectivity index (χ2n) is 5.66. The van der Waals surface area contributed by atoms with Crippen LogP contribution in [0.2, 0.25) is 0 Å². The van der Waals surface area contributed by atoms with Gasteiger partial charge in [0.1, 0.15) is 0 Å². The highest BCUT2D eigenvalue weighted by molar-refractivity contribution is 8.01. The molecule has 0 spiro atoms. The van der Waals surface area contributed by atoms with E-state index in [1.54, 1.807) is 6.92 Å². The minimum atomic E-state index is -0.944. The number of H-pyrrole nitrogens is 1. The normalized spacial score (nSPS) is 12.3. The van der Waals surface area contributed by atoms with Crippen molar-refractivity contribution in [1.29, 1.82) is 0 Å². The summed E-state index contributed by atoms with van der Waals surface area (Å²) in [5, 5.41) is 9.13. The molecule has 0 radical (unpaired) electrons. The van der Waals surface area contributed by atoms with Crippen LogP contribution in [0.1, 0.15) is 20.8 Å². The molecule has 3 aromatic rings. The van der Waals surface area contributed by atoms with Gasteiger partial charge < -0.3 is 14.3 Å². The minimum Gasteiger partial charge on any atom is -0.465 e. The number of carbonyl (C=O) groups excluding carboxylic acids is 2. The molecule has 2 aromatic heterocycles. The number of hydrogen-bond donors (Lipinski definition) is 1. The maximum atomic E-state index is 12.1. The molecule has 0 saturated carbocycles. The first-order valence-corrected chi connectivity index (χ1v) is 9.28. The Morgan fingerprint density at radius 2 is 2.04 bits per heavy atom. The number of benzene rings is 1. The summed E-state index contributed by atoms with van der Waals surface area (Å²) in [6.45, 7) is 5.89. The topological polar surface area (TPSA) is 89.9 Å². The fourth-order valence-electron chi connectivity index (χ4n) is 2.74. The first-order chi connectivity index (χ1) is 12.6. The molecule has 1 atom stereocenters. The maximum absolute atomic E-state index is 12.1. The predicted molar refractivity (Wildman–Crippen MR) is 99.9 cm³/mol. The van der Waals surface area contributed by atoms with Crippen LogP contribution in [0.15, 0.2) is 35.6 Å². The molecule has 0 aliphatic carbocycles. The smallest absolute Gasteiger partial charge is 0.327 e. The SMILES string of the molecule is CCOC(=O)C(Sc1nnc(-c2c[nH]c3ccccc23)n1CC)C(C)=O. The Balaban J connectivity index is 1.98. The fourth-order valence-corrected chi connectivity index (χ4v) is 3.71. The van der Waals surface area contributed by atoms with Gasteiger partial charge >= 0.3 is 5.97 Å². The summed E-state index contributed by atoms with van der Waals surface area (Å²) >= 11 is 1.07. The zero-order valence-corrected chi connectivity index (χ0v) is 15.7. The second-order valence-corrected chi connectivity index (χ2v) is 6.73. The summed E-state index contributed by atoms with van der Waals surface area (Å²) in [5.74, 6) is -0.129. The lowest BCUT2D eigenvalue weighted by Gasteiger charge is -2.12. The largest absolute Gasteiger partial charge is 0.465 e. The molecular formula is C18H20N4O3S. The average Bonchev–Trinajstić information content (AvgIpc) is 3.22. The summed E-state index contributed by atoms with van der Waals surface area (Å²) in [7, 11) is 0. The second kappa shape index (κ2) is 7.74. The Bertz CT molecular complexity index is 947. The van der Waals surface area contributed by atoms with Crippen molar-refractivity contribution in [2.75, 3.05) is 6.61 Å². The first-order valence-electron chi connectivity index (χ1n) is 8.40. The summed E-state index contributed by atoms with van der Waals surface area (Å²) < 4.78 is 6.90.